The molecule has 0 aromatic carbocycles. The predicted octanol–water partition coefficient (Wildman–Crippen LogP) is 0.545. The average Bonchev–Trinajstić information content (AvgIpc) is 2.12. The van der Waals surface area contributed by atoms with E-state index in [1.165, 1.54) is 0 Å². The Balaban J connectivity index is 2.25. The number of rotatable bonds is 4. The highest BCUT2D eigenvalue weighted by Gasteiger charge is 2.24. The van der Waals surface area contributed by atoms with Gasteiger partial charge in [0.15, 0.2) is 0 Å². The standard InChI is InChI=1S/C11H24N2O/c1-9(6-12-3)7-13-5-4-10(2)11(14)8-13/h9-12,14H,4-8H2,1-3H3. The molecule has 0 amide bonds. The molecule has 3 atom stereocenters. The second-order valence-electron chi connectivity index (χ2n) is 4.76. The van der Waals surface area contributed by atoms with Crippen LogP contribution in [0.3, 0.4) is 0 Å². The second kappa shape index (κ2) is 5.69. The highest BCUT2D eigenvalue weighted by molar-refractivity contribution is 4.78. The summed E-state index contributed by atoms with van der Waals surface area (Å²) in [6.07, 6.45) is 1.01. The van der Waals surface area contributed by atoms with Crippen LogP contribution in [0.4, 0.5) is 0 Å². The van der Waals surface area contributed by atoms with Crippen LogP contribution in [0.2, 0.25) is 0 Å². The van der Waals surface area contributed by atoms with Crippen molar-refractivity contribution in [1.29, 1.82) is 0 Å². The zero-order valence-electron chi connectivity index (χ0n) is 9.66. The lowest BCUT2D eigenvalue weighted by molar-refractivity contribution is 0.0240. The van der Waals surface area contributed by atoms with Gasteiger partial charge >= 0.3 is 0 Å². The molecule has 2 N–H and O–H groups in total. The fraction of sp³-hybridized carbons (Fsp3) is 1.00. The van der Waals surface area contributed by atoms with Gasteiger partial charge in [0.05, 0.1) is 6.10 Å². The van der Waals surface area contributed by atoms with Gasteiger partial charge in [-0.1, -0.05) is 13.8 Å². The minimum atomic E-state index is -0.120. The molecule has 1 rings (SSSR count). The lowest BCUT2D eigenvalue weighted by atomic mass is 9.95. The summed E-state index contributed by atoms with van der Waals surface area (Å²) >= 11 is 0. The number of β-amino-alcohol motifs (C(OH)–C–C–N with tert-alkyl or cyclic N) is 1. The molecule has 14 heavy (non-hydrogen) atoms. The molecule has 0 spiro atoms. The van der Waals surface area contributed by atoms with E-state index in [4.69, 9.17) is 0 Å². The van der Waals surface area contributed by atoms with E-state index in [9.17, 15) is 5.11 Å². The van der Waals surface area contributed by atoms with E-state index in [1.807, 2.05) is 7.05 Å². The van der Waals surface area contributed by atoms with Gasteiger partial charge < -0.3 is 15.3 Å². The Morgan fingerprint density at radius 1 is 1.57 bits per heavy atom. The molecular weight excluding hydrogens is 176 g/mol. The maximum absolute atomic E-state index is 9.73. The van der Waals surface area contributed by atoms with Crippen molar-refractivity contribution in [1.82, 2.24) is 10.2 Å². The molecule has 0 aromatic rings. The molecule has 3 heteroatoms. The molecular formula is C11H24N2O. The highest BCUT2D eigenvalue weighted by Crippen LogP contribution is 2.17. The van der Waals surface area contributed by atoms with Crippen LogP contribution in [0.5, 0.6) is 0 Å². The van der Waals surface area contributed by atoms with Crippen molar-refractivity contribution < 1.29 is 5.11 Å². The largest absolute Gasteiger partial charge is 0.392 e. The Hall–Kier alpha value is -0.120. The topological polar surface area (TPSA) is 35.5 Å². The van der Waals surface area contributed by atoms with Crippen LogP contribution in [0, 0.1) is 11.8 Å². The summed E-state index contributed by atoms with van der Waals surface area (Å²) in [4.78, 5) is 2.38. The lowest BCUT2D eigenvalue weighted by Crippen LogP contribution is -2.45. The molecule has 0 aromatic heterocycles. The third-order valence-corrected chi connectivity index (χ3v) is 3.13. The van der Waals surface area contributed by atoms with Crippen molar-refractivity contribution in [2.45, 2.75) is 26.4 Å². The van der Waals surface area contributed by atoms with E-state index in [2.05, 4.69) is 24.1 Å². The number of nitrogens with zero attached hydrogens (tertiary/aromatic N) is 1. The monoisotopic (exact) mass is 200 g/mol. The molecule has 1 saturated heterocycles. The van der Waals surface area contributed by atoms with Crippen LogP contribution in [0.25, 0.3) is 0 Å². The SMILES string of the molecule is CNCC(C)CN1CCC(C)C(O)C1. The number of likely N-dealkylation sites (tertiary alicyclic amines) is 1. The summed E-state index contributed by atoms with van der Waals surface area (Å²) in [7, 11) is 1.99. The maximum Gasteiger partial charge on any atom is 0.0693 e. The first-order valence-corrected chi connectivity index (χ1v) is 5.68. The van der Waals surface area contributed by atoms with Crippen molar-refractivity contribution in [3.8, 4) is 0 Å². The van der Waals surface area contributed by atoms with E-state index in [1.54, 1.807) is 0 Å². The molecule has 3 unspecified atom stereocenters. The summed E-state index contributed by atoms with van der Waals surface area (Å²) in [6.45, 7) is 8.55. The van der Waals surface area contributed by atoms with Crippen LogP contribution in [-0.4, -0.2) is 49.3 Å². The Labute approximate surface area is 87.5 Å². The summed E-state index contributed by atoms with van der Waals surface area (Å²) < 4.78 is 0. The number of hydrogen-bond acceptors (Lipinski definition) is 3. The van der Waals surface area contributed by atoms with Crippen molar-refractivity contribution in [3.63, 3.8) is 0 Å². The molecule has 1 heterocycles. The van der Waals surface area contributed by atoms with E-state index < -0.39 is 0 Å². The molecule has 3 nitrogen and oxygen atoms in total. The van der Waals surface area contributed by atoms with E-state index in [-0.39, 0.29) is 6.10 Å². The minimum Gasteiger partial charge on any atom is -0.392 e. The minimum absolute atomic E-state index is 0.120. The number of hydrogen-bond donors (Lipinski definition) is 2. The van der Waals surface area contributed by atoms with E-state index in [0.29, 0.717) is 11.8 Å². The summed E-state index contributed by atoms with van der Waals surface area (Å²) in [6, 6.07) is 0. The molecule has 84 valence electrons. The summed E-state index contributed by atoms with van der Waals surface area (Å²) in [5.41, 5.74) is 0. The summed E-state index contributed by atoms with van der Waals surface area (Å²) in [5, 5.41) is 12.9. The van der Waals surface area contributed by atoms with Gasteiger partial charge in [0.1, 0.15) is 0 Å². The van der Waals surface area contributed by atoms with Gasteiger partial charge in [-0.05, 0) is 38.4 Å². The van der Waals surface area contributed by atoms with Gasteiger partial charge in [0, 0.05) is 13.1 Å². The third kappa shape index (κ3) is 3.56. The summed E-state index contributed by atoms with van der Waals surface area (Å²) in [5.74, 6) is 1.14. The van der Waals surface area contributed by atoms with Gasteiger partial charge in [-0.3, -0.25) is 0 Å². The average molecular weight is 200 g/mol. The zero-order valence-corrected chi connectivity index (χ0v) is 9.66. The number of piperidine rings is 1. The highest BCUT2D eigenvalue weighted by atomic mass is 16.3. The molecule has 0 radical (unpaired) electrons. The zero-order chi connectivity index (χ0) is 10.6. The van der Waals surface area contributed by atoms with Gasteiger partial charge in [0.25, 0.3) is 0 Å². The van der Waals surface area contributed by atoms with Crippen LogP contribution in [0.15, 0.2) is 0 Å². The van der Waals surface area contributed by atoms with Crippen molar-refractivity contribution in [2.24, 2.45) is 11.8 Å². The molecule has 0 saturated carbocycles. The first-order valence-electron chi connectivity index (χ1n) is 5.68. The third-order valence-electron chi connectivity index (χ3n) is 3.13. The van der Waals surface area contributed by atoms with Crippen molar-refractivity contribution >= 4 is 0 Å². The van der Waals surface area contributed by atoms with Gasteiger partial charge in [-0.2, -0.15) is 0 Å². The number of nitrogens with one attached hydrogen (secondary N) is 1. The Morgan fingerprint density at radius 3 is 2.86 bits per heavy atom. The normalized spacial score (nSPS) is 31.7. The van der Waals surface area contributed by atoms with Crippen molar-refractivity contribution in [2.75, 3.05) is 33.2 Å². The van der Waals surface area contributed by atoms with Crippen LogP contribution in [-0.2, 0) is 0 Å². The van der Waals surface area contributed by atoms with E-state index >= 15 is 0 Å². The Morgan fingerprint density at radius 2 is 2.29 bits per heavy atom. The fourth-order valence-electron chi connectivity index (χ4n) is 2.13. The first-order chi connectivity index (χ1) is 6.63. The fourth-order valence-corrected chi connectivity index (χ4v) is 2.13. The van der Waals surface area contributed by atoms with E-state index in [0.717, 1.165) is 32.6 Å². The molecule has 1 aliphatic heterocycles. The molecule has 1 fully saturated rings. The number of aliphatic hydroxyl groups is 1. The molecule has 1 aliphatic rings. The maximum atomic E-state index is 9.73. The van der Waals surface area contributed by atoms with Crippen LogP contribution in [0.1, 0.15) is 20.3 Å². The van der Waals surface area contributed by atoms with Crippen LogP contribution >= 0.6 is 0 Å². The van der Waals surface area contributed by atoms with Gasteiger partial charge in [-0.15, -0.1) is 0 Å². The molecule has 0 bridgehead atoms. The first kappa shape index (κ1) is 12.0. The van der Waals surface area contributed by atoms with Crippen molar-refractivity contribution in [3.05, 3.63) is 0 Å². The predicted molar refractivity (Wildman–Crippen MR) is 59.3 cm³/mol. The smallest absolute Gasteiger partial charge is 0.0693 e. The lowest BCUT2D eigenvalue weighted by Gasteiger charge is -2.35. The quantitative estimate of drug-likeness (QED) is 0.695. The Bertz CT molecular complexity index is 163. The van der Waals surface area contributed by atoms with Crippen LogP contribution < -0.4 is 5.32 Å². The molecule has 0 aliphatic carbocycles. The number of aliphatic hydroxyl groups excluding tert-OH is 1. The Kier molecular flexibility index (Phi) is 4.85. The van der Waals surface area contributed by atoms with Gasteiger partial charge in [0.2, 0.25) is 0 Å². The van der Waals surface area contributed by atoms with Gasteiger partial charge in [-0.25, -0.2) is 0 Å². The second-order valence-corrected chi connectivity index (χ2v) is 4.76.